The number of amides is 4. The van der Waals surface area contributed by atoms with Gasteiger partial charge in [-0.3, -0.25) is 4.90 Å². The quantitative estimate of drug-likeness (QED) is 0.838. The number of hydrogen-bond acceptors (Lipinski definition) is 3. The largest absolute Gasteiger partial charge is 0.381 e. The molecule has 4 rings (SSSR count). The summed E-state index contributed by atoms with van der Waals surface area (Å²) in [4.78, 5) is 28.7. The first-order valence-corrected chi connectivity index (χ1v) is 10.2. The molecule has 3 heterocycles. The van der Waals surface area contributed by atoms with Gasteiger partial charge in [0.15, 0.2) is 0 Å². The molecule has 7 heteroatoms. The second kappa shape index (κ2) is 7.28. The molecule has 0 aromatic heterocycles. The number of aryl methyl sites for hydroxylation is 1. The predicted octanol–water partition coefficient (Wildman–Crippen LogP) is 3.19. The van der Waals surface area contributed by atoms with Crippen molar-refractivity contribution >= 4 is 23.4 Å². The van der Waals surface area contributed by atoms with Gasteiger partial charge in [0.25, 0.3) is 0 Å². The fourth-order valence-corrected chi connectivity index (χ4v) is 5.12. The summed E-state index contributed by atoms with van der Waals surface area (Å²) in [5.74, 6) is 0.402. The molecule has 0 saturated carbocycles. The molecule has 3 fully saturated rings. The summed E-state index contributed by atoms with van der Waals surface area (Å²) in [6.45, 7) is 10.0. The minimum Gasteiger partial charge on any atom is -0.381 e. The van der Waals surface area contributed by atoms with Gasteiger partial charge in [-0.05, 0) is 43.4 Å². The second-order valence-electron chi connectivity index (χ2n) is 8.61. The minimum atomic E-state index is -0.0874. The highest BCUT2D eigenvalue weighted by atomic mass is 16.5. The number of carbonyl (C=O) groups is 2. The van der Waals surface area contributed by atoms with Gasteiger partial charge in [0, 0.05) is 50.0 Å². The van der Waals surface area contributed by atoms with E-state index in [1.54, 1.807) is 4.90 Å². The summed E-state index contributed by atoms with van der Waals surface area (Å²) in [6, 6.07) is 5.84. The van der Waals surface area contributed by atoms with Crippen LogP contribution in [0.2, 0.25) is 0 Å². The molecule has 3 aliphatic heterocycles. The SMILES string of the molecule is Cc1ccc(NC(=O)N2CC3(CCOCC3)C2C(C)C)cc1N1CCNC1=O. The standard InChI is InChI=1S/C21H30N4O3/c1-14(2)18-21(6-10-28-11-7-21)13-25(18)20(27)23-16-5-4-15(3)17(12-16)24-9-8-22-19(24)26/h4-5,12,14,18H,6-11,13H2,1-3H3,(H,22,26)(H,23,27). The van der Waals surface area contributed by atoms with Crippen molar-refractivity contribution in [3.8, 4) is 0 Å². The number of urea groups is 2. The first-order chi connectivity index (χ1) is 13.4. The van der Waals surface area contributed by atoms with E-state index in [1.165, 1.54) is 0 Å². The number of benzene rings is 1. The maximum Gasteiger partial charge on any atom is 0.322 e. The Morgan fingerprint density at radius 3 is 2.71 bits per heavy atom. The van der Waals surface area contributed by atoms with E-state index in [4.69, 9.17) is 4.74 Å². The molecule has 0 bridgehead atoms. The molecule has 4 amide bonds. The van der Waals surface area contributed by atoms with Crippen molar-refractivity contribution in [2.75, 3.05) is 43.1 Å². The summed E-state index contributed by atoms with van der Waals surface area (Å²) in [7, 11) is 0. The van der Waals surface area contributed by atoms with Crippen molar-refractivity contribution < 1.29 is 14.3 Å². The third-order valence-electron chi connectivity index (χ3n) is 6.44. The van der Waals surface area contributed by atoms with E-state index in [0.29, 0.717) is 19.0 Å². The smallest absolute Gasteiger partial charge is 0.322 e. The van der Waals surface area contributed by atoms with Crippen molar-refractivity contribution in [1.29, 1.82) is 0 Å². The van der Waals surface area contributed by atoms with E-state index in [0.717, 1.165) is 49.5 Å². The number of nitrogens with zero attached hydrogens (tertiary/aromatic N) is 2. The van der Waals surface area contributed by atoms with E-state index in [1.807, 2.05) is 30.0 Å². The van der Waals surface area contributed by atoms with Crippen molar-refractivity contribution in [1.82, 2.24) is 10.2 Å². The lowest BCUT2D eigenvalue weighted by Crippen LogP contribution is -2.70. The molecule has 2 N–H and O–H groups in total. The summed E-state index contributed by atoms with van der Waals surface area (Å²) < 4.78 is 5.55. The van der Waals surface area contributed by atoms with E-state index in [9.17, 15) is 9.59 Å². The first kappa shape index (κ1) is 19.1. The number of rotatable bonds is 3. The summed E-state index contributed by atoms with van der Waals surface area (Å²) in [5.41, 5.74) is 2.79. The van der Waals surface area contributed by atoms with Crippen LogP contribution >= 0.6 is 0 Å². The number of anilines is 2. The lowest BCUT2D eigenvalue weighted by Gasteiger charge is -2.60. The zero-order chi connectivity index (χ0) is 19.9. The normalized spacial score (nSPS) is 23.7. The molecule has 1 spiro atoms. The van der Waals surface area contributed by atoms with Crippen LogP contribution in [0.25, 0.3) is 0 Å². The summed E-state index contributed by atoms with van der Waals surface area (Å²) in [5, 5.41) is 5.88. The zero-order valence-electron chi connectivity index (χ0n) is 17.0. The maximum absolute atomic E-state index is 13.0. The van der Waals surface area contributed by atoms with E-state index >= 15 is 0 Å². The van der Waals surface area contributed by atoms with E-state index in [-0.39, 0.29) is 23.5 Å². The van der Waals surface area contributed by atoms with Crippen molar-refractivity contribution in [2.24, 2.45) is 11.3 Å². The highest BCUT2D eigenvalue weighted by Crippen LogP contribution is 2.49. The Bertz CT molecular complexity index is 773. The lowest BCUT2D eigenvalue weighted by molar-refractivity contribution is -0.122. The average molecular weight is 386 g/mol. The van der Waals surface area contributed by atoms with E-state index < -0.39 is 0 Å². The van der Waals surface area contributed by atoms with Gasteiger partial charge in [-0.1, -0.05) is 19.9 Å². The zero-order valence-corrected chi connectivity index (χ0v) is 17.0. The Labute approximate surface area is 166 Å². The van der Waals surface area contributed by atoms with Gasteiger partial charge in [0.1, 0.15) is 0 Å². The van der Waals surface area contributed by atoms with Gasteiger partial charge in [0.2, 0.25) is 0 Å². The van der Waals surface area contributed by atoms with Crippen LogP contribution in [-0.2, 0) is 4.74 Å². The molecule has 1 unspecified atom stereocenters. The van der Waals surface area contributed by atoms with Gasteiger partial charge in [-0.2, -0.15) is 0 Å². The topological polar surface area (TPSA) is 73.9 Å². The van der Waals surface area contributed by atoms with Gasteiger partial charge in [-0.15, -0.1) is 0 Å². The number of carbonyl (C=O) groups excluding carboxylic acids is 2. The van der Waals surface area contributed by atoms with Crippen LogP contribution in [0.15, 0.2) is 18.2 Å². The van der Waals surface area contributed by atoms with Crippen LogP contribution in [-0.4, -0.2) is 55.9 Å². The van der Waals surface area contributed by atoms with E-state index in [2.05, 4.69) is 24.5 Å². The van der Waals surface area contributed by atoms with Crippen LogP contribution in [0.4, 0.5) is 21.0 Å². The third kappa shape index (κ3) is 3.21. The van der Waals surface area contributed by atoms with Crippen molar-refractivity contribution in [2.45, 2.75) is 39.7 Å². The molecule has 1 aromatic carbocycles. The first-order valence-electron chi connectivity index (χ1n) is 10.2. The highest BCUT2D eigenvalue weighted by Gasteiger charge is 2.55. The molecule has 152 valence electrons. The van der Waals surface area contributed by atoms with Crippen LogP contribution in [0.5, 0.6) is 0 Å². The predicted molar refractivity (Wildman–Crippen MR) is 109 cm³/mol. The van der Waals surface area contributed by atoms with Gasteiger partial charge >= 0.3 is 12.1 Å². The number of nitrogens with one attached hydrogen (secondary N) is 2. The number of hydrogen-bond donors (Lipinski definition) is 2. The van der Waals surface area contributed by atoms with Crippen LogP contribution < -0.4 is 15.5 Å². The Hall–Kier alpha value is -2.28. The minimum absolute atomic E-state index is 0.0588. The second-order valence-corrected chi connectivity index (χ2v) is 8.61. The van der Waals surface area contributed by atoms with Crippen molar-refractivity contribution in [3.63, 3.8) is 0 Å². The molecule has 28 heavy (non-hydrogen) atoms. The molecule has 7 nitrogen and oxygen atoms in total. The number of likely N-dealkylation sites (tertiary alicyclic amines) is 1. The maximum atomic E-state index is 13.0. The monoisotopic (exact) mass is 386 g/mol. The molecule has 1 atom stereocenters. The van der Waals surface area contributed by atoms with Gasteiger partial charge < -0.3 is 20.3 Å². The fourth-order valence-electron chi connectivity index (χ4n) is 5.12. The Morgan fingerprint density at radius 1 is 1.32 bits per heavy atom. The van der Waals surface area contributed by atoms with Crippen molar-refractivity contribution in [3.05, 3.63) is 23.8 Å². The van der Waals surface area contributed by atoms with Gasteiger partial charge in [-0.25, -0.2) is 9.59 Å². The Kier molecular flexibility index (Phi) is 4.95. The Balaban J connectivity index is 1.49. The summed E-state index contributed by atoms with van der Waals surface area (Å²) in [6.07, 6.45) is 2.05. The molecular formula is C21H30N4O3. The molecule has 1 aromatic rings. The Morgan fingerprint density at radius 2 is 2.07 bits per heavy atom. The lowest BCUT2D eigenvalue weighted by atomic mass is 9.63. The fraction of sp³-hybridized carbons (Fsp3) is 0.619. The highest BCUT2D eigenvalue weighted by molar-refractivity contribution is 5.96. The molecule has 3 aliphatic rings. The van der Waals surface area contributed by atoms with Crippen LogP contribution in [0.3, 0.4) is 0 Å². The van der Waals surface area contributed by atoms with Crippen LogP contribution in [0.1, 0.15) is 32.3 Å². The molecular weight excluding hydrogens is 356 g/mol. The molecule has 0 radical (unpaired) electrons. The number of ether oxygens (including phenoxy) is 1. The summed E-state index contributed by atoms with van der Waals surface area (Å²) >= 11 is 0. The third-order valence-corrected chi connectivity index (χ3v) is 6.44. The van der Waals surface area contributed by atoms with Gasteiger partial charge in [0.05, 0.1) is 5.69 Å². The molecule has 0 aliphatic carbocycles. The average Bonchev–Trinajstić information content (AvgIpc) is 3.07. The van der Waals surface area contributed by atoms with Crippen LogP contribution in [0, 0.1) is 18.3 Å². The molecule has 3 saturated heterocycles.